The summed E-state index contributed by atoms with van der Waals surface area (Å²) in [7, 11) is 0. The summed E-state index contributed by atoms with van der Waals surface area (Å²) >= 11 is 0. The number of hydrogen-bond acceptors (Lipinski definition) is 2. The van der Waals surface area contributed by atoms with E-state index in [1.165, 1.54) is 89.9 Å². The molecular formula is C26H50N3O+. The molecule has 0 saturated carbocycles. The molecule has 1 aliphatic heterocycles. The third-order valence-electron chi connectivity index (χ3n) is 6.51. The van der Waals surface area contributed by atoms with Crippen molar-refractivity contribution < 1.29 is 9.28 Å². The predicted octanol–water partition coefficient (Wildman–Crippen LogP) is 6.40. The first kappa shape index (κ1) is 26.7. The maximum absolute atomic E-state index is 11.2. The minimum Gasteiger partial charge on any atom is -0.351 e. The van der Waals surface area contributed by atoms with Gasteiger partial charge in [-0.1, -0.05) is 76.9 Å². The van der Waals surface area contributed by atoms with Crippen molar-refractivity contribution >= 4 is 5.91 Å². The predicted molar refractivity (Wildman–Crippen MR) is 130 cm³/mol. The molecule has 0 aromatic heterocycles. The van der Waals surface area contributed by atoms with Crippen LogP contribution in [-0.4, -0.2) is 36.2 Å². The number of nitrogens with zero attached hydrogens (tertiary/aromatic N) is 1. The number of unbranched alkanes of at least 4 members (excludes halogenated alkanes) is 11. The van der Waals surface area contributed by atoms with Gasteiger partial charge in [-0.15, -0.1) is 0 Å². The molecule has 174 valence electrons. The monoisotopic (exact) mass is 420 g/mol. The summed E-state index contributed by atoms with van der Waals surface area (Å²) in [5, 5.41) is 6.51. The first-order valence-electron chi connectivity index (χ1n) is 12.8. The molecule has 4 heteroatoms. The number of hydrogen-bond donors (Lipinski definition) is 2. The summed E-state index contributed by atoms with van der Waals surface area (Å²) in [5.74, 6) is 0.0659. The summed E-state index contributed by atoms with van der Waals surface area (Å²) < 4.78 is 0.952. The first-order valence-corrected chi connectivity index (χ1v) is 12.8. The molecule has 1 rings (SSSR count). The fourth-order valence-corrected chi connectivity index (χ4v) is 4.44. The maximum Gasteiger partial charge on any atom is 0.217 e. The number of amides is 1. The Balaban J connectivity index is 1.99. The van der Waals surface area contributed by atoms with Crippen LogP contribution in [0, 0.1) is 0 Å². The minimum absolute atomic E-state index is 0.0659. The Morgan fingerprint density at radius 2 is 1.53 bits per heavy atom. The Morgan fingerprint density at radius 1 is 0.933 bits per heavy atom. The van der Waals surface area contributed by atoms with Crippen molar-refractivity contribution in [2.45, 2.75) is 117 Å². The quantitative estimate of drug-likeness (QED) is 0.144. The van der Waals surface area contributed by atoms with Crippen LogP contribution in [0.15, 0.2) is 24.6 Å². The second-order valence-electron chi connectivity index (χ2n) is 9.00. The molecule has 2 unspecified atom stereocenters. The van der Waals surface area contributed by atoms with E-state index in [1.54, 1.807) is 6.92 Å². The number of rotatable bonds is 19. The fourth-order valence-electron chi connectivity index (χ4n) is 4.44. The van der Waals surface area contributed by atoms with Crippen molar-refractivity contribution in [2.24, 2.45) is 0 Å². The maximum atomic E-state index is 11.2. The Hall–Kier alpha value is -1.29. The lowest BCUT2D eigenvalue weighted by atomic mass is 10.0. The van der Waals surface area contributed by atoms with Crippen LogP contribution in [0.5, 0.6) is 0 Å². The summed E-state index contributed by atoms with van der Waals surface area (Å²) in [6.45, 7) is 8.90. The van der Waals surface area contributed by atoms with Gasteiger partial charge in [-0.25, -0.2) is 0 Å². The van der Waals surface area contributed by atoms with Crippen LogP contribution in [0.1, 0.15) is 111 Å². The van der Waals surface area contributed by atoms with E-state index < -0.39 is 0 Å². The van der Waals surface area contributed by atoms with Crippen molar-refractivity contribution in [1.29, 1.82) is 0 Å². The Labute approximate surface area is 187 Å². The molecule has 1 aliphatic rings. The number of allylic oxidation sites excluding steroid dienone is 2. The molecule has 30 heavy (non-hydrogen) atoms. The molecular weight excluding hydrogens is 370 g/mol. The number of quaternary nitrogens is 1. The van der Waals surface area contributed by atoms with E-state index in [1.807, 2.05) is 0 Å². The van der Waals surface area contributed by atoms with Gasteiger partial charge in [-0.3, -0.25) is 9.28 Å². The molecule has 0 aromatic carbocycles. The van der Waals surface area contributed by atoms with E-state index >= 15 is 0 Å². The SMILES string of the molecule is CCCC/C=C/CCCCCCCCCCCC1NC=C[N+]1(CC)CCNC(C)=O. The zero-order valence-electron chi connectivity index (χ0n) is 20.3. The van der Waals surface area contributed by atoms with Crippen LogP contribution in [0.3, 0.4) is 0 Å². The summed E-state index contributed by atoms with van der Waals surface area (Å²) in [6, 6.07) is 0. The lowest BCUT2D eigenvalue weighted by molar-refractivity contribution is -0.898. The average Bonchev–Trinajstić information content (AvgIpc) is 3.13. The van der Waals surface area contributed by atoms with E-state index in [0.29, 0.717) is 6.17 Å². The van der Waals surface area contributed by atoms with Gasteiger partial charge in [0.1, 0.15) is 12.7 Å². The summed E-state index contributed by atoms with van der Waals surface area (Å²) in [4.78, 5) is 11.2. The van der Waals surface area contributed by atoms with Crippen molar-refractivity contribution in [3.05, 3.63) is 24.6 Å². The molecule has 4 nitrogen and oxygen atoms in total. The van der Waals surface area contributed by atoms with Crippen LogP contribution >= 0.6 is 0 Å². The van der Waals surface area contributed by atoms with Gasteiger partial charge in [0, 0.05) is 13.3 Å². The van der Waals surface area contributed by atoms with E-state index in [0.717, 1.165) is 24.1 Å². The van der Waals surface area contributed by atoms with Crippen LogP contribution in [0.4, 0.5) is 0 Å². The van der Waals surface area contributed by atoms with E-state index in [-0.39, 0.29) is 5.91 Å². The highest BCUT2D eigenvalue weighted by atomic mass is 16.1. The number of nitrogens with one attached hydrogen (secondary N) is 2. The third-order valence-corrected chi connectivity index (χ3v) is 6.51. The molecule has 0 fully saturated rings. The largest absolute Gasteiger partial charge is 0.351 e. The van der Waals surface area contributed by atoms with E-state index in [4.69, 9.17) is 0 Å². The van der Waals surface area contributed by atoms with Gasteiger partial charge in [0.15, 0.2) is 6.17 Å². The Bertz CT molecular complexity index is 489. The number of carbonyl (C=O) groups excluding carboxylic acids is 1. The van der Waals surface area contributed by atoms with Crippen LogP contribution in [0.2, 0.25) is 0 Å². The van der Waals surface area contributed by atoms with Crippen molar-refractivity contribution in [3.63, 3.8) is 0 Å². The molecule has 0 radical (unpaired) electrons. The lowest BCUT2D eigenvalue weighted by Gasteiger charge is -2.37. The van der Waals surface area contributed by atoms with Crippen molar-refractivity contribution in [1.82, 2.24) is 10.6 Å². The van der Waals surface area contributed by atoms with E-state index in [2.05, 4.69) is 49.0 Å². The van der Waals surface area contributed by atoms with Gasteiger partial charge < -0.3 is 10.6 Å². The molecule has 0 aromatic rings. The van der Waals surface area contributed by atoms with Gasteiger partial charge >= 0.3 is 0 Å². The number of likely N-dealkylation sites (N-methyl/N-ethyl adjacent to an activating group) is 1. The van der Waals surface area contributed by atoms with Crippen LogP contribution in [-0.2, 0) is 4.79 Å². The molecule has 0 saturated heterocycles. The molecule has 1 amide bonds. The average molecular weight is 421 g/mol. The zero-order valence-corrected chi connectivity index (χ0v) is 20.3. The first-order chi connectivity index (χ1) is 14.6. The van der Waals surface area contributed by atoms with Gasteiger partial charge in [0.05, 0.1) is 19.3 Å². The molecule has 1 heterocycles. The molecule has 2 atom stereocenters. The molecule has 2 N–H and O–H groups in total. The van der Waals surface area contributed by atoms with Crippen LogP contribution < -0.4 is 10.6 Å². The second kappa shape index (κ2) is 17.4. The topological polar surface area (TPSA) is 41.1 Å². The second-order valence-corrected chi connectivity index (χ2v) is 9.00. The minimum atomic E-state index is 0.0659. The summed E-state index contributed by atoms with van der Waals surface area (Å²) in [5.41, 5.74) is 0. The highest BCUT2D eigenvalue weighted by molar-refractivity contribution is 5.72. The molecule has 0 spiro atoms. The van der Waals surface area contributed by atoms with Gasteiger partial charge in [0.25, 0.3) is 0 Å². The Morgan fingerprint density at radius 3 is 2.13 bits per heavy atom. The summed E-state index contributed by atoms with van der Waals surface area (Å²) in [6.07, 6.45) is 28.4. The molecule has 0 aliphatic carbocycles. The smallest absolute Gasteiger partial charge is 0.217 e. The van der Waals surface area contributed by atoms with E-state index in [9.17, 15) is 4.79 Å². The molecule has 0 bridgehead atoms. The number of carbonyl (C=O) groups is 1. The zero-order chi connectivity index (χ0) is 21.9. The van der Waals surface area contributed by atoms with Crippen molar-refractivity contribution in [3.8, 4) is 0 Å². The lowest BCUT2D eigenvalue weighted by Crippen LogP contribution is -2.55. The fraction of sp³-hybridized carbons (Fsp3) is 0.808. The normalized spacial score (nSPS) is 20.7. The van der Waals surface area contributed by atoms with Gasteiger partial charge in [0.2, 0.25) is 5.91 Å². The third kappa shape index (κ3) is 11.8. The van der Waals surface area contributed by atoms with Gasteiger partial charge in [-0.05, 0) is 32.6 Å². The Kier molecular flexibility index (Phi) is 15.5. The van der Waals surface area contributed by atoms with Crippen LogP contribution in [0.25, 0.3) is 0 Å². The highest BCUT2D eigenvalue weighted by Gasteiger charge is 2.36. The highest BCUT2D eigenvalue weighted by Crippen LogP contribution is 2.23. The van der Waals surface area contributed by atoms with Gasteiger partial charge in [-0.2, -0.15) is 0 Å². The van der Waals surface area contributed by atoms with Crippen molar-refractivity contribution in [2.75, 3.05) is 19.6 Å². The standard InChI is InChI=1S/C26H49N3O/c1-4-6-7-8-9-10-11-12-13-14-15-16-17-18-19-20-26-28-22-24-29(26,5-2)23-21-27-25(3)30/h8-9,22,24,26,28H,4-7,10-21,23H2,1-3H3/p+1/b9-8+.